The van der Waals surface area contributed by atoms with Gasteiger partial charge in [0, 0.05) is 11.8 Å². The van der Waals surface area contributed by atoms with E-state index >= 15 is 0 Å². The van der Waals surface area contributed by atoms with Gasteiger partial charge in [0.05, 0.1) is 17.2 Å². The molecule has 1 heterocycles. The van der Waals surface area contributed by atoms with E-state index in [-0.39, 0.29) is 5.41 Å². The van der Waals surface area contributed by atoms with Crippen LogP contribution in [-0.4, -0.2) is 4.98 Å². The molecule has 3 nitrogen and oxygen atoms in total. The van der Waals surface area contributed by atoms with Crippen molar-refractivity contribution in [3.8, 4) is 23.1 Å². The maximum Gasteiger partial charge on any atom is 0.120 e. The highest BCUT2D eigenvalue weighted by molar-refractivity contribution is 5.61. The van der Waals surface area contributed by atoms with E-state index in [1.54, 1.807) is 0 Å². The standard InChI is InChI=1S/C22H18N2O/c23-16-22(11-12-22)19-9-10-21(24-14-19)18-7-4-8-20(13-18)25-15-17-5-2-1-3-6-17/h1-10,13-14H,11-12,15H2. The summed E-state index contributed by atoms with van der Waals surface area (Å²) < 4.78 is 5.89. The van der Waals surface area contributed by atoms with Crippen molar-refractivity contribution in [1.29, 1.82) is 5.26 Å². The summed E-state index contributed by atoms with van der Waals surface area (Å²) in [5.41, 5.74) is 3.78. The molecular formula is C22H18N2O. The first-order chi connectivity index (χ1) is 12.3. The zero-order valence-corrected chi connectivity index (χ0v) is 13.9. The first-order valence-corrected chi connectivity index (χ1v) is 8.44. The molecule has 1 saturated carbocycles. The second-order valence-electron chi connectivity index (χ2n) is 6.43. The van der Waals surface area contributed by atoms with E-state index in [4.69, 9.17) is 4.74 Å². The van der Waals surface area contributed by atoms with Gasteiger partial charge in [-0.1, -0.05) is 48.5 Å². The molecule has 122 valence electrons. The van der Waals surface area contributed by atoms with E-state index in [0.717, 1.165) is 41.0 Å². The minimum atomic E-state index is -0.286. The molecule has 0 radical (unpaired) electrons. The lowest BCUT2D eigenvalue weighted by Crippen LogP contribution is -2.03. The molecule has 1 aromatic heterocycles. The van der Waals surface area contributed by atoms with Gasteiger partial charge in [0.15, 0.2) is 0 Å². The van der Waals surface area contributed by atoms with Crippen LogP contribution in [0.4, 0.5) is 0 Å². The van der Waals surface area contributed by atoms with E-state index in [0.29, 0.717) is 6.61 Å². The van der Waals surface area contributed by atoms with Crippen LogP contribution in [0.3, 0.4) is 0 Å². The van der Waals surface area contributed by atoms with Crippen molar-refractivity contribution in [1.82, 2.24) is 4.98 Å². The Bertz CT molecular complexity index is 907. The Hall–Kier alpha value is -3.12. The third-order valence-electron chi connectivity index (χ3n) is 4.66. The average Bonchev–Trinajstić information content (AvgIpc) is 3.49. The van der Waals surface area contributed by atoms with Gasteiger partial charge in [-0.05, 0) is 42.2 Å². The van der Waals surface area contributed by atoms with Crippen molar-refractivity contribution in [2.75, 3.05) is 0 Å². The Labute approximate surface area is 147 Å². The summed E-state index contributed by atoms with van der Waals surface area (Å²) in [4.78, 5) is 4.56. The largest absolute Gasteiger partial charge is 0.489 e. The molecule has 4 rings (SSSR count). The number of hydrogen-bond acceptors (Lipinski definition) is 3. The highest BCUT2D eigenvalue weighted by Gasteiger charge is 2.45. The van der Waals surface area contributed by atoms with Crippen LogP contribution in [0.1, 0.15) is 24.0 Å². The van der Waals surface area contributed by atoms with E-state index in [1.807, 2.05) is 72.9 Å². The Kier molecular flexibility index (Phi) is 3.95. The average molecular weight is 326 g/mol. The zero-order valence-electron chi connectivity index (χ0n) is 13.9. The number of benzene rings is 2. The van der Waals surface area contributed by atoms with Gasteiger partial charge in [-0.15, -0.1) is 0 Å². The molecule has 1 aliphatic rings. The molecule has 0 saturated heterocycles. The maximum atomic E-state index is 9.29. The summed E-state index contributed by atoms with van der Waals surface area (Å²) in [5.74, 6) is 0.822. The summed E-state index contributed by atoms with van der Waals surface area (Å²) >= 11 is 0. The van der Waals surface area contributed by atoms with E-state index in [2.05, 4.69) is 11.1 Å². The van der Waals surface area contributed by atoms with Crippen molar-refractivity contribution < 1.29 is 4.74 Å². The van der Waals surface area contributed by atoms with Gasteiger partial charge in [-0.25, -0.2) is 0 Å². The zero-order chi connectivity index (χ0) is 17.1. The molecule has 0 unspecified atom stereocenters. The summed E-state index contributed by atoms with van der Waals surface area (Å²) in [6.07, 6.45) is 3.71. The van der Waals surface area contributed by atoms with Crippen LogP contribution in [0.25, 0.3) is 11.3 Å². The van der Waals surface area contributed by atoms with E-state index in [9.17, 15) is 5.26 Å². The molecule has 3 aromatic rings. The SMILES string of the molecule is N#CC1(c2ccc(-c3cccc(OCc4ccccc4)c3)nc2)CC1. The Morgan fingerprint density at radius 3 is 2.52 bits per heavy atom. The van der Waals surface area contributed by atoms with Gasteiger partial charge in [0.25, 0.3) is 0 Å². The Balaban J connectivity index is 1.50. The maximum absolute atomic E-state index is 9.29. The minimum absolute atomic E-state index is 0.286. The highest BCUT2D eigenvalue weighted by Crippen LogP contribution is 2.47. The molecule has 0 atom stereocenters. The van der Waals surface area contributed by atoms with E-state index < -0.39 is 0 Å². The second kappa shape index (κ2) is 6.41. The van der Waals surface area contributed by atoms with Crippen LogP contribution in [0.2, 0.25) is 0 Å². The number of aromatic nitrogens is 1. The molecule has 0 aliphatic heterocycles. The van der Waals surface area contributed by atoms with Crippen LogP contribution in [-0.2, 0) is 12.0 Å². The van der Waals surface area contributed by atoms with Crippen LogP contribution >= 0.6 is 0 Å². The normalized spacial score (nSPS) is 14.5. The monoisotopic (exact) mass is 326 g/mol. The molecule has 0 spiro atoms. The molecular weight excluding hydrogens is 308 g/mol. The van der Waals surface area contributed by atoms with Crippen molar-refractivity contribution in [2.45, 2.75) is 24.9 Å². The van der Waals surface area contributed by atoms with Crippen molar-refractivity contribution in [3.05, 3.63) is 84.1 Å². The topological polar surface area (TPSA) is 45.9 Å². The lowest BCUT2D eigenvalue weighted by Gasteiger charge is -2.09. The van der Waals surface area contributed by atoms with Gasteiger partial charge >= 0.3 is 0 Å². The van der Waals surface area contributed by atoms with Crippen LogP contribution in [0.15, 0.2) is 72.9 Å². The molecule has 0 N–H and O–H groups in total. The van der Waals surface area contributed by atoms with Gasteiger partial charge < -0.3 is 4.74 Å². The number of nitrogens with zero attached hydrogens (tertiary/aromatic N) is 2. The Morgan fingerprint density at radius 2 is 1.84 bits per heavy atom. The summed E-state index contributed by atoms with van der Waals surface area (Å²) in [5, 5.41) is 9.29. The first-order valence-electron chi connectivity index (χ1n) is 8.44. The molecule has 1 aliphatic carbocycles. The van der Waals surface area contributed by atoms with Crippen LogP contribution in [0.5, 0.6) is 5.75 Å². The fourth-order valence-corrected chi connectivity index (χ4v) is 2.92. The van der Waals surface area contributed by atoms with Crippen molar-refractivity contribution in [2.24, 2.45) is 0 Å². The predicted octanol–water partition coefficient (Wildman–Crippen LogP) is 4.88. The van der Waals surface area contributed by atoms with Gasteiger partial charge in [-0.2, -0.15) is 5.26 Å². The van der Waals surface area contributed by atoms with Crippen LogP contribution in [0, 0.1) is 11.3 Å². The first kappa shape index (κ1) is 15.4. The molecule has 2 aromatic carbocycles. The predicted molar refractivity (Wildman–Crippen MR) is 97.0 cm³/mol. The number of pyridine rings is 1. The number of rotatable bonds is 5. The highest BCUT2D eigenvalue weighted by atomic mass is 16.5. The summed E-state index contributed by atoms with van der Waals surface area (Å²) in [7, 11) is 0. The molecule has 3 heteroatoms. The third-order valence-corrected chi connectivity index (χ3v) is 4.66. The van der Waals surface area contributed by atoms with Crippen molar-refractivity contribution in [3.63, 3.8) is 0 Å². The molecule has 0 amide bonds. The number of ether oxygens (including phenoxy) is 1. The third kappa shape index (κ3) is 3.25. The van der Waals surface area contributed by atoms with Gasteiger partial charge in [-0.3, -0.25) is 4.98 Å². The van der Waals surface area contributed by atoms with Gasteiger partial charge in [0.2, 0.25) is 0 Å². The quantitative estimate of drug-likeness (QED) is 0.671. The fourth-order valence-electron chi connectivity index (χ4n) is 2.92. The lowest BCUT2D eigenvalue weighted by molar-refractivity contribution is 0.306. The Morgan fingerprint density at radius 1 is 1.00 bits per heavy atom. The second-order valence-corrected chi connectivity index (χ2v) is 6.43. The minimum Gasteiger partial charge on any atom is -0.489 e. The number of hydrogen-bond donors (Lipinski definition) is 0. The number of nitriles is 1. The molecule has 1 fully saturated rings. The fraction of sp³-hybridized carbons (Fsp3) is 0.182. The molecule has 0 bridgehead atoms. The van der Waals surface area contributed by atoms with Crippen molar-refractivity contribution >= 4 is 0 Å². The summed E-state index contributed by atoms with van der Waals surface area (Å²) in [6.45, 7) is 0.543. The van der Waals surface area contributed by atoms with Gasteiger partial charge in [0.1, 0.15) is 12.4 Å². The lowest BCUT2D eigenvalue weighted by atomic mass is 9.99. The smallest absolute Gasteiger partial charge is 0.120 e. The van der Waals surface area contributed by atoms with Crippen LogP contribution < -0.4 is 4.74 Å². The molecule has 25 heavy (non-hydrogen) atoms. The van der Waals surface area contributed by atoms with E-state index in [1.165, 1.54) is 0 Å². The summed E-state index contributed by atoms with van der Waals surface area (Å²) in [6, 6.07) is 24.5.